The van der Waals surface area contributed by atoms with Gasteiger partial charge in [-0.15, -0.1) is 9.28 Å². The highest BCUT2D eigenvalue weighted by molar-refractivity contribution is 6.99. The molecule has 0 radical (unpaired) electrons. The van der Waals surface area contributed by atoms with E-state index in [1.165, 1.54) is 13.8 Å². The summed E-state index contributed by atoms with van der Waals surface area (Å²) in [5.41, 5.74) is -1.59. The van der Waals surface area contributed by atoms with Gasteiger partial charge in [-0.2, -0.15) is 4.37 Å². The van der Waals surface area contributed by atoms with Gasteiger partial charge in [0.15, 0.2) is 5.54 Å². The van der Waals surface area contributed by atoms with Gasteiger partial charge in [-0.1, -0.05) is 5.18 Å². The smallest absolute Gasteiger partial charge is 0.270 e. The number of aliphatic hydroxyl groups excluding tert-OH is 1. The van der Waals surface area contributed by atoms with E-state index in [9.17, 15) is 19.6 Å². The molecule has 11 nitrogen and oxygen atoms in total. The number of ether oxygens (including phenoxy) is 2. The second-order valence-electron chi connectivity index (χ2n) is 6.49. The van der Waals surface area contributed by atoms with Gasteiger partial charge in [-0.3, -0.25) is 9.59 Å². The molecule has 2 N–H and O–H groups in total. The first-order valence-corrected chi connectivity index (χ1v) is 9.17. The molecule has 1 aromatic rings. The molecule has 1 unspecified atom stereocenters. The van der Waals surface area contributed by atoms with Crippen LogP contribution < -0.4 is 15.0 Å². The lowest BCUT2D eigenvalue weighted by molar-refractivity contribution is -0.138. The summed E-state index contributed by atoms with van der Waals surface area (Å²) in [5, 5.41) is 15.3. The van der Waals surface area contributed by atoms with Crippen molar-refractivity contribution in [2.45, 2.75) is 25.5 Å². The summed E-state index contributed by atoms with van der Waals surface area (Å²) < 4.78 is 19.1. The Morgan fingerprint density at radius 1 is 1.41 bits per heavy atom. The molecular formula is C15H23N5O6S. The topological polar surface area (TPSA) is 143 Å². The molecule has 0 saturated carbocycles. The van der Waals surface area contributed by atoms with Crippen molar-refractivity contribution in [1.29, 1.82) is 0 Å². The molecule has 1 aromatic heterocycles. The van der Waals surface area contributed by atoms with Crippen molar-refractivity contribution in [3.8, 4) is 5.88 Å². The van der Waals surface area contributed by atoms with Crippen molar-refractivity contribution >= 4 is 29.1 Å². The molecule has 2 rings (SSSR count). The summed E-state index contributed by atoms with van der Waals surface area (Å²) in [7, 11) is 0. The minimum absolute atomic E-state index is 0.0262. The summed E-state index contributed by atoms with van der Waals surface area (Å²) in [6.07, 6.45) is -0.927. The monoisotopic (exact) mass is 401 g/mol. The van der Waals surface area contributed by atoms with Crippen LogP contribution in [0.2, 0.25) is 0 Å². The number of aromatic nitrogens is 2. The molecule has 2 heterocycles. The van der Waals surface area contributed by atoms with E-state index in [4.69, 9.17) is 9.47 Å². The van der Waals surface area contributed by atoms with Crippen LogP contribution in [0, 0.1) is 4.91 Å². The molecule has 1 saturated heterocycles. The zero-order valence-electron chi connectivity index (χ0n) is 15.2. The highest BCUT2D eigenvalue weighted by atomic mass is 32.1. The molecule has 0 bridgehead atoms. The largest absolute Gasteiger partial charge is 0.472 e. The number of rotatable bonds is 11. The summed E-state index contributed by atoms with van der Waals surface area (Å²) in [5.74, 6) is -0.690. The van der Waals surface area contributed by atoms with Crippen molar-refractivity contribution in [2.24, 2.45) is 5.18 Å². The van der Waals surface area contributed by atoms with Gasteiger partial charge in [0.25, 0.3) is 5.88 Å². The zero-order chi connectivity index (χ0) is 19.9. The number of Topliss-reactive ketones (excluding diaryl/α,β-unsaturated/α-hetero) is 2. The number of morpholine rings is 1. The zero-order valence-corrected chi connectivity index (χ0v) is 16.0. The Morgan fingerprint density at radius 3 is 2.78 bits per heavy atom. The predicted octanol–water partition coefficient (Wildman–Crippen LogP) is -0.613. The van der Waals surface area contributed by atoms with Gasteiger partial charge in [0.05, 0.1) is 31.5 Å². The number of carbonyl (C=O) groups excluding carboxylic acids is 2. The highest BCUT2D eigenvalue weighted by Gasteiger charge is 2.33. The summed E-state index contributed by atoms with van der Waals surface area (Å²) in [4.78, 5) is 36.1. The number of carbonyl (C=O) groups is 2. The van der Waals surface area contributed by atoms with E-state index in [0.29, 0.717) is 38.0 Å². The van der Waals surface area contributed by atoms with Crippen molar-refractivity contribution < 1.29 is 24.2 Å². The summed E-state index contributed by atoms with van der Waals surface area (Å²) in [6, 6.07) is 0. The van der Waals surface area contributed by atoms with Gasteiger partial charge < -0.3 is 24.8 Å². The highest BCUT2D eigenvalue weighted by Crippen LogP contribution is 2.26. The van der Waals surface area contributed by atoms with E-state index >= 15 is 0 Å². The lowest BCUT2D eigenvalue weighted by atomic mass is 9.97. The lowest BCUT2D eigenvalue weighted by Gasteiger charge is -2.26. The Morgan fingerprint density at radius 2 is 2.11 bits per heavy atom. The number of ketones is 2. The van der Waals surface area contributed by atoms with Gasteiger partial charge in [0.1, 0.15) is 12.7 Å². The Bertz CT molecular complexity index is 661. The minimum atomic E-state index is -1.59. The maximum absolute atomic E-state index is 11.7. The minimum Gasteiger partial charge on any atom is -0.472 e. The van der Waals surface area contributed by atoms with E-state index in [-0.39, 0.29) is 19.7 Å². The average Bonchev–Trinajstić information content (AvgIpc) is 3.15. The molecule has 1 aliphatic rings. The van der Waals surface area contributed by atoms with Crippen LogP contribution in [-0.2, 0) is 14.3 Å². The van der Waals surface area contributed by atoms with Gasteiger partial charge in [0.2, 0.25) is 17.4 Å². The van der Waals surface area contributed by atoms with Crippen LogP contribution in [0.1, 0.15) is 13.8 Å². The number of anilines is 1. The van der Waals surface area contributed by atoms with E-state index < -0.39 is 23.2 Å². The second-order valence-corrected chi connectivity index (χ2v) is 7.02. The Labute approximate surface area is 160 Å². The molecule has 1 aliphatic heterocycles. The molecule has 0 aliphatic carbocycles. The standard InChI is InChI=1S/C15H23N5O6S/c1-15(2,19-24)12(23)11(22)8-16-7-10(21)9-26-14-13(17-27-18-14)20-3-5-25-6-4-20/h10,16,21H,3-9H2,1-2H3. The fourth-order valence-electron chi connectivity index (χ4n) is 2.28. The van der Waals surface area contributed by atoms with E-state index in [0.717, 1.165) is 11.7 Å². The van der Waals surface area contributed by atoms with Crippen molar-refractivity contribution in [1.82, 2.24) is 14.1 Å². The van der Waals surface area contributed by atoms with Gasteiger partial charge >= 0.3 is 0 Å². The Balaban J connectivity index is 1.73. The number of nitroso groups, excluding NO2 is 1. The SMILES string of the molecule is CC(C)(N=O)C(=O)C(=O)CNCC(O)COc1nsnc1N1CCOCC1. The molecule has 12 heteroatoms. The molecule has 0 spiro atoms. The van der Waals surface area contributed by atoms with Crippen LogP contribution >= 0.6 is 11.7 Å². The molecule has 27 heavy (non-hydrogen) atoms. The molecule has 1 atom stereocenters. The Hall–Kier alpha value is -2.02. The number of aliphatic hydroxyl groups is 1. The van der Waals surface area contributed by atoms with Gasteiger partial charge in [-0.05, 0) is 13.8 Å². The number of nitrogens with zero attached hydrogens (tertiary/aromatic N) is 4. The van der Waals surface area contributed by atoms with Crippen LogP contribution in [0.15, 0.2) is 5.18 Å². The third kappa shape index (κ3) is 5.99. The van der Waals surface area contributed by atoms with Crippen LogP contribution in [0.25, 0.3) is 0 Å². The van der Waals surface area contributed by atoms with Crippen LogP contribution in [-0.4, -0.2) is 83.1 Å². The lowest BCUT2D eigenvalue weighted by Crippen LogP contribution is -2.42. The van der Waals surface area contributed by atoms with Crippen LogP contribution in [0.4, 0.5) is 5.82 Å². The van der Waals surface area contributed by atoms with Crippen molar-refractivity contribution in [3.05, 3.63) is 4.91 Å². The average molecular weight is 401 g/mol. The second kappa shape index (κ2) is 9.78. The molecular weight excluding hydrogens is 378 g/mol. The molecule has 0 amide bonds. The van der Waals surface area contributed by atoms with E-state index in [2.05, 4.69) is 19.2 Å². The molecule has 0 aromatic carbocycles. The fourth-order valence-corrected chi connectivity index (χ4v) is 2.80. The van der Waals surface area contributed by atoms with E-state index in [1.807, 2.05) is 4.90 Å². The van der Waals surface area contributed by atoms with Crippen LogP contribution in [0.5, 0.6) is 5.88 Å². The van der Waals surface area contributed by atoms with Crippen LogP contribution in [0.3, 0.4) is 0 Å². The normalized spacial score (nSPS) is 16.0. The quantitative estimate of drug-likeness (QED) is 0.364. The van der Waals surface area contributed by atoms with Crippen molar-refractivity contribution in [3.63, 3.8) is 0 Å². The van der Waals surface area contributed by atoms with E-state index in [1.54, 1.807) is 0 Å². The van der Waals surface area contributed by atoms with Gasteiger partial charge in [-0.25, -0.2) is 0 Å². The third-order valence-electron chi connectivity index (χ3n) is 3.87. The number of hydrogen-bond acceptors (Lipinski definition) is 12. The fraction of sp³-hybridized carbons (Fsp3) is 0.733. The predicted molar refractivity (Wildman–Crippen MR) is 97.2 cm³/mol. The Kier molecular flexibility index (Phi) is 7.71. The number of hydrogen-bond donors (Lipinski definition) is 2. The summed E-state index contributed by atoms with van der Waals surface area (Å²) in [6.45, 7) is 4.80. The first-order chi connectivity index (χ1) is 12.8. The third-order valence-corrected chi connectivity index (χ3v) is 4.37. The molecule has 1 fully saturated rings. The first-order valence-electron chi connectivity index (χ1n) is 8.44. The van der Waals surface area contributed by atoms with Gasteiger partial charge in [0, 0.05) is 19.6 Å². The summed E-state index contributed by atoms with van der Waals surface area (Å²) >= 11 is 1.02. The number of nitrogens with one attached hydrogen (secondary N) is 1. The first kappa shape index (κ1) is 21.3. The van der Waals surface area contributed by atoms with Crippen molar-refractivity contribution in [2.75, 3.05) is 50.9 Å². The maximum atomic E-state index is 11.7. The molecule has 150 valence electrons. The maximum Gasteiger partial charge on any atom is 0.270 e.